The number of H-pyrrole nitrogens is 1. The van der Waals surface area contributed by atoms with E-state index in [1.165, 1.54) is 0 Å². The lowest BCUT2D eigenvalue weighted by Crippen LogP contribution is -2.12. The summed E-state index contributed by atoms with van der Waals surface area (Å²) in [6, 6.07) is 7.44. The van der Waals surface area contributed by atoms with Gasteiger partial charge in [-0.1, -0.05) is 35.3 Å². The Labute approximate surface area is 109 Å². The SMILES string of the molecule is Cc1[nH]c2ccccc2c(=O)c1CC=C(Cl)Cl. The molecule has 0 atom stereocenters. The summed E-state index contributed by atoms with van der Waals surface area (Å²) in [5, 5.41) is 0.687. The van der Waals surface area contributed by atoms with Crippen LogP contribution in [0.15, 0.2) is 39.6 Å². The van der Waals surface area contributed by atoms with Crippen molar-refractivity contribution in [1.29, 1.82) is 0 Å². The number of benzene rings is 1. The molecule has 0 fully saturated rings. The third-order valence-electron chi connectivity index (χ3n) is 2.68. The maximum absolute atomic E-state index is 12.2. The molecule has 0 radical (unpaired) electrons. The van der Waals surface area contributed by atoms with Crippen LogP contribution in [0.3, 0.4) is 0 Å². The lowest BCUT2D eigenvalue weighted by atomic mass is 10.1. The lowest BCUT2D eigenvalue weighted by molar-refractivity contribution is 1.11. The summed E-state index contributed by atoms with van der Waals surface area (Å²) in [7, 11) is 0. The highest BCUT2D eigenvalue weighted by Gasteiger charge is 2.07. The average molecular weight is 268 g/mol. The molecule has 2 aromatic rings. The van der Waals surface area contributed by atoms with Crippen LogP contribution >= 0.6 is 23.2 Å². The number of hydrogen-bond acceptors (Lipinski definition) is 1. The number of aryl methyl sites for hydroxylation is 1. The Morgan fingerprint density at radius 1 is 1.35 bits per heavy atom. The molecule has 88 valence electrons. The van der Waals surface area contributed by atoms with Crippen molar-refractivity contribution in [2.45, 2.75) is 13.3 Å². The van der Waals surface area contributed by atoms with Crippen molar-refractivity contribution >= 4 is 34.1 Å². The van der Waals surface area contributed by atoms with Crippen molar-refractivity contribution in [1.82, 2.24) is 4.98 Å². The molecular formula is C13H11Cl2NO. The van der Waals surface area contributed by atoms with Gasteiger partial charge in [0, 0.05) is 22.2 Å². The average Bonchev–Trinajstić information content (AvgIpc) is 2.28. The molecule has 17 heavy (non-hydrogen) atoms. The third kappa shape index (κ3) is 2.54. The molecule has 4 heteroatoms. The van der Waals surface area contributed by atoms with Gasteiger partial charge in [0.05, 0.1) is 0 Å². The van der Waals surface area contributed by atoms with Crippen LogP contribution < -0.4 is 5.43 Å². The third-order valence-corrected chi connectivity index (χ3v) is 2.99. The van der Waals surface area contributed by atoms with E-state index >= 15 is 0 Å². The molecule has 0 aliphatic rings. The van der Waals surface area contributed by atoms with Crippen molar-refractivity contribution in [2.24, 2.45) is 0 Å². The number of aromatic nitrogens is 1. The van der Waals surface area contributed by atoms with Gasteiger partial charge in [-0.05, 0) is 31.6 Å². The normalized spacial score (nSPS) is 10.5. The van der Waals surface area contributed by atoms with Crippen molar-refractivity contribution in [2.75, 3.05) is 0 Å². The minimum absolute atomic E-state index is 0.0303. The summed E-state index contributed by atoms with van der Waals surface area (Å²) in [6.07, 6.45) is 2.06. The van der Waals surface area contributed by atoms with E-state index in [0.29, 0.717) is 17.4 Å². The fourth-order valence-corrected chi connectivity index (χ4v) is 1.98. The number of hydrogen-bond donors (Lipinski definition) is 1. The smallest absolute Gasteiger partial charge is 0.193 e. The van der Waals surface area contributed by atoms with Crippen LogP contribution in [0.5, 0.6) is 0 Å². The quantitative estimate of drug-likeness (QED) is 0.885. The van der Waals surface area contributed by atoms with Gasteiger partial charge in [-0.25, -0.2) is 0 Å². The van der Waals surface area contributed by atoms with E-state index in [-0.39, 0.29) is 9.92 Å². The number of rotatable bonds is 2. The molecular weight excluding hydrogens is 257 g/mol. The maximum Gasteiger partial charge on any atom is 0.193 e. The maximum atomic E-state index is 12.2. The monoisotopic (exact) mass is 267 g/mol. The molecule has 0 saturated carbocycles. The Hall–Kier alpha value is -1.25. The van der Waals surface area contributed by atoms with Gasteiger partial charge in [-0.15, -0.1) is 0 Å². The van der Waals surface area contributed by atoms with Crippen molar-refractivity contribution in [3.63, 3.8) is 0 Å². The van der Waals surface area contributed by atoms with Crippen LogP contribution in [0.4, 0.5) is 0 Å². The molecule has 2 nitrogen and oxygen atoms in total. The number of nitrogens with one attached hydrogen (secondary N) is 1. The van der Waals surface area contributed by atoms with E-state index in [0.717, 1.165) is 11.2 Å². The first-order valence-electron chi connectivity index (χ1n) is 5.21. The van der Waals surface area contributed by atoms with Gasteiger partial charge in [0.2, 0.25) is 0 Å². The van der Waals surface area contributed by atoms with Crippen LogP contribution in [0, 0.1) is 6.92 Å². The number of para-hydroxylation sites is 1. The Balaban J connectivity index is 2.64. The first-order chi connectivity index (χ1) is 8.09. The molecule has 2 rings (SSSR count). The number of allylic oxidation sites excluding steroid dienone is 1. The Morgan fingerprint density at radius 2 is 2.06 bits per heavy atom. The van der Waals surface area contributed by atoms with Crippen LogP contribution in [-0.2, 0) is 6.42 Å². The molecule has 1 aromatic heterocycles. The van der Waals surface area contributed by atoms with E-state index < -0.39 is 0 Å². The largest absolute Gasteiger partial charge is 0.358 e. The van der Waals surface area contributed by atoms with Gasteiger partial charge in [0.15, 0.2) is 5.43 Å². The number of fused-ring (bicyclic) bond motifs is 1. The van der Waals surface area contributed by atoms with E-state index in [1.807, 2.05) is 31.2 Å². The second kappa shape index (κ2) is 4.94. The van der Waals surface area contributed by atoms with Crippen LogP contribution in [0.25, 0.3) is 10.9 Å². The zero-order valence-corrected chi connectivity index (χ0v) is 10.8. The Bertz CT molecular complexity index is 639. The number of pyridine rings is 1. The predicted octanol–water partition coefficient (Wildman–Crippen LogP) is 3.70. The fourth-order valence-electron chi connectivity index (χ4n) is 1.83. The highest BCUT2D eigenvalue weighted by atomic mass is 35.5. The van der Waals surface area contributed by atoms with E-state index in [1.54, 1.807) is 6.08 Å². The van der Waals surface area contributed by atoms with Gasteiger partial charge < -0.3 is 4.98 Å². The summed E-state index contributed by atoms with van der Waals surface area (Å²) in [4.78, 5) is 15.4. The van der Waals surface area contributed by atoms with E-state index in [4.69, 9.17) is 23.2 Å². The minimum atomic E-state index is 0.0303. The number of halogens is 2. The molecule has 0 saturated heterocycles. The second-order valence-corrected chi connectivity index (χ2v) is 4.81. The Morgan fingerprint density at radius 3 is 2.76 bits per heavy atom. The molecule has 1 heterocycles. The second-order valence-electron chi connectivity index (χ2n) is 3.80. The zero-order valence-electron chi connectivity index (χ0n) is 9.26. The molecule has 1 N–H and O–H groups in total. The first kappa shape index (κ1) is 12.2. The fraction of sp³-hybridized carbons (Fsp3) is 0.154. The molecule has 0 spiro atoms. The molecule has 0 aliphatic heterocycles. The standard InChI is InChI=1S/C13H11Cl2NO/c1-8-9(6-7-12(14)15)13(17)10-4-2-3-5-11(10)16-8/h2-5,7H,6H2,1H3,(H,16,17). The van der Waals surface area contributed by atoms with Gasteiger partial charge in [-0.3, -0.25) is 4.79 Å². The first-order valence-corrected chi connectivity index (χ1v) is 5.97. The summed E-state index contributed by atoms with van der Waals surface area (Å²) in [5.74, 6) is 0. The number of aromatic amines is 1. The van der Waals surface area contributed by atoms with Crippen molar-refractivity contribution in [3.05, 3.63) is 56.3 Å². The molecule has 1 aromatic carbocycles. The summed E-state index contributed by atoms with van der Waals surface area (Å²) in [6.45, 7) is 1.87. The molecule has 0 unspecified atom stereocenters. The van der Waals surface area contributed by atoms with Crippen molar-refractivity contribution in [3.8, 4) is 0 Å². The van der Waals surface area contributed by atoms with Crippen LogP contribution in [-0.4, -0.2) is 4.98 Å². The topological polar surface area (TPSA) is 32.9 Å². The zero-order chi connectivity index (χ0) is 12.4. The van der Waals surface area contributed by atoms with E-state index in [2.05, 4.69) is 4.98 Å². The highest BCUT2D eigenvalue weighted by molar-refractivity contribution is 6.55. The van der Waals surface area contributed by atoms with Gasteiger partial charge >= 0.3 is 0 Å². The molecule has 0 aliphatic carbocycles. The lowest BCUT2D eigenvalue weighted by Gasteiger charge is -2.05. The summed E-state index contributed by atoms with van der Waals surface area (Å²) < 4.78 is 0.178. The summed E-state index contributed by atoms with van der Waals surface area (Å²) >= 11 is 11.1. The van der Waals surface area contributed by atoms with E-state index in [9.17, 15) is 4.79 Å². The van der Waals surface area contributed by atoms with Crippen LogP contribution in [0.2, 0.25) is 0 Å². The molecule has 0 amide bonds. The van der Waals surface area contributed by atoms with Crippen LogP contribution in [0.1, 0.15) is 11.3 Å². The predicted molar refractivity (Wildman–Crippen MR) is 72.8 cm³/mol. The van der Waals surface area contributed by atoms with Gasteiger partial charge in [0.1, 0.15) is 4.49 Å². The Kier molecular flexibility index (Phi) is 3.55. The summed E-state index contributed by atoms with van der Waals surface area (Å²) in [5.41, 5.74) is 2.42. The van der Waals surface area contributed by atoms with Crippen molar-refractivity contribution < 1.29 is 0 Å². The highest BCUT2D eigenvalue weighted by Crippen LogP contribution is 2.13. The van der Waals surface area contributed by atoms with Gasteiger partial charge in [-0.2, -0.15) is 0 Å². The van der Waals surface area contributed by atoms with Gasteiger partial charge in [0.25, 0.3) is 0 Å². The minimum Gasteiger partial charge on any atom is -0.358 e. The molecule has 0 bridgehead atoms.